The van der Waals surface area contributed by atoms with Crippen molar-refractivity contribution in [2.24, 2.45) is 5.92 Å². The van der Waals surface area contributed by atoms with Gasteiger partial charge in [-0.15, -0.1) is 0 Å². The zero-order valence-corrected chi connectivity index (χ0v) is 18.1. The molecule has 0 radical (unpaired) electrons. The Labute approximate surface area is 188 Å². The number of benzene rings is 1. The van der Waals surface area contributed by atoms with E-state index in [0.717, 1.165) is 12.1 Å². The quantitative estimate of drug-likeness (QED) is 0.555. The predicted octanol–water partition coefficient (Wildman–Crippen LogP) is 4.05. The van der Waals surface area contributed by atoms with E-state index in [4.69, 9.17) is 4.74 Å². The van der Waals surface area contributed by atoms with Crippen LogP contribution < -0.4 is 10.2 Å². The summed E-state index contributed by atoms with van der Waals surface area (Å²) in [5.41, 5.74) is 0.481. The van der Waals surface area contributed by atoms with Gasteiger partial charge < -0.3 is 15.0 Å². The van der Waals surface area contributed by atoms with Gasteiger partial charge in [0.1, 0.15) is 11.6 Å². The van der Waals surface area contributed by atoms with E-state index < -0.39 is 23.6 Å². The van der Waals surface area contributed by atoms with E-state index in [-0.39, 0.29) is 5.92 Å². The van der Waals surface area contributed by atoms with Crippen LogP contribution in [0.2, 0.25) is 0 Å². The third kappa shape index (κ3) is 5.24. The second-order valence-electron chi connectivity index (χ2n) is 7.97. The van der Waals surface area contributed by atoms with Crippen molar-refractivity contribution in [2.75, 3.05) is 30.4 Å². The SMILES string of the molecule is COC(=O)[C@@H]1C[C@H](c2cccc(C(F)(F)F)c2)CN(c2nc(C)cc(Nc3ccn[nH]3)n2)C1. The molecule has 3 heterocycles. The molecule has 4 rings (SSSR count). The topological polar surface area (TPSA) is 96.0 Å². The van der Waals surface area contributed by atoms with Gasteiger partial charge in [-0.1, -0.05) is 18.2 Å². The van der Waals surface area contributed by atoms with Gasteiger partial charge in [0.25, 0.3) is 0 Å². The summed E-state index contributed by atoms with van der Waals surface area (Å²) >= 11 is 0. The number of H-pyrrole nitrogens is 1. The lowest BCUT2D eigenvalue weighted by atomic mass is 9.84. The van der Waals surface area contributed by atoms with Crippen molar-refractivity contribution in [3.63, 3.8) is 0 Å². The standard InChI is InChI=1S/C22H23F3N6O2/c1-13-8-19(28-18-6-7-26-30-18)29-21(27-13)31-11-15(9-16(12-31)20(32)33-2)14-4-3-5-17(10-14)22(23,24)25/h3-8,10,15-16H,9,11-12H2,1-2H3,(H2,26,27,28,29,30)/t15-,16+/m0/s1. The Morgan fingerprint density at radius 2 is 2.03 bits per heavy atom. The number of esters is 1. The summed E-state index contributed by atoms with van der Waals surface area (Å²) in [6, 6.07) is 8.73. The number of aryl methyl sites for hydroxylation is 1. The molecule has 174 valence electrons. The molecule has 0 spiro atoms. The fraction of sp³-hybridized carbons (Fsp3) is 0.364. The molecule has 1 saturated heterocycles. The van der Waals surface area contributed by atoms with Gasteiger partial charge in [0, 0.05) is 36.8 Å². The Balaban J connectivity index is 1.65. The average molecular weight is 460 g/mol. The first kappa shape index (κ1) is 22.6. The molecule has 8 nitrogen and oxygen atoms in total. The van der Waals surface area contributed by atoms with Crippen LogP contribution in [0.5, 0.6) is 0 Å². The van der Waals surface area contributed by atoms with Crippen molar-refractivity contribution < 1.29 is 22.7 Å². The highest BCUT2D eigenvalue weighted by molar-refractivity contribution is 5.73. The molecular formula is C22H23F3N6O2. The normalized spacial score (nSPS) is 18.8. The van der Waals surface area contributed by atoms with Crippen molar-refractivity contribution >= 4 is 23.6 Å². The molecule has 0 aliphatic carbocycles. The van der Waals surface area contributed by atoms with Crippen LogP contribution in [0.3, 0.4) is 0 Å². The Hall–Kier alpha value is -3.63. The summed E-state index contributed by atoms with van der Waals surface area (Å²) < 4.78 is 44.7. The van der Waals surface area contributed by atoms with E-state index in [9.17, 15) is 18.0 Å². The number of aromatic amines is 1. The van der Waals surface area contributed by atoms with Gasteiger partial charge in [-0.2, -0.15) is 23.3 Å². The van der Waals surface area contributed by atoms with Gasteiger partial charge in [0.05, 0.1) is 24.8 Å². The minimum absolute atomic E-state index is 0.301. The number of carbonyl (C=O) groups excluding carboxylic acids is 1. The van der Waals surface area contributed by atoms with Gasteiger partial charge >= 0.3 is 12.1 Å². The Bertz CT molecular complexity index is 1120. The van der Waals surface area contributed by atoms with E-state index in [2.05, 4.69) is 25.5 Å². The molecule has 0 bridgehead atoms. The number of ether oxygens (including phenoxy) is 1. The first-order valence-electron chi connectivity index (χ1n) is 10.3. The first-order valence-corrected chi connectivity index (χ1v) is 10.3. The van der Waals surface area contributed by atoms with Crippen LogP contribution in [-0.4, -0.2) is 46.3 Å². The number of alkyl halides is 3. The fourth-order valence-corrected chi connectivity index (χ4v) is 4.03. The molecule has 1 aromatic carbocycles. The highest BCUT2D eigenvalue weighted by Crippen LogP contribution is 2.36. The number of hydrogen-bond acceptors (Lipinski definition) is 7. The van der Waals surface area contributed by atoms with Crippen LogP contribution in [0.25, 0.3) is 0 Å². The molecule has 0 saturated carbocycles. The molecular weight excluding hydrogens is 437 g/mol. The van der Waals surface area contributed by atoms with Crippen LogP contribution in [0, 0.1) is 12.8 Å². The summed E-state index contributed by atoms with van der Waals surface area (Å²) in [5, 5.41) is 9.78. The van der Waals surface area contributed by atoms with Gasteiger partial charge in [-0.05, 0) is 25.0 Å². The molecule has 3 aromatic rings. The Morgan fingerprint density at radius 3 is 2.73 bits per heavy atom. The van der Waals surface area contributed by atoms with E-state index in [1.165, 1.54) is 13.2 Å². The third-order valence-corrected chi connectivity index (χ3v) is 5.56. The maximum absolute atomic E-state index is 13.3. The molecule has 2 atom stereocenters. The van der Waals surface area contributed by atoms with Crippen LogP contribution in [-0.2, 0) is 15.7 Å². The van der Waals surface area contributed by atoms with Crippen molar-refractivity contribution in [1.82, 2.24) is 20.2 Å². The van der Waals surface area contributed by atoms with Crippen molar-refractivity contribution in [3.8, 4) is 0 Å². The third-order valence-electron chi connectivity index (χ3n) is 5.56. The maximum atomic E-state index is 13.3. The molecule has 0 unspecified atom stereocenters. The molecule has 1 aliphatic heterocycles. The summed E-state index contributed by atoms with van der Waals surface area (Å²) in [4.78, 5) is 23.3. The number of rotatable bonds is 5. The summed E-state index contributed by atoms with van der Waals surface area (Å²) in [5.74, 6) is 0.266. The second kappa shape index (κ2) is 9.08. The number of halogens is 3. The van der Waals surface area contributed by atoms with Crippen LogP contribution in [0.4, 0.5) is 30.8 Å². The summed E-state index contributed by atoms with van der Waals surface area (Å²) in [7, 11) is 1.30. The van der Waals surface area contributed by atoms with Gasteiger partial charge in [-0.3, -0.25) is 9.89 Å². The largest absolute Gasteiger partial charge is 0.469 e. The molecule has 2 N–H and O–H groups in total. The van der Waals surface area contributed by atoms with Crippen molar-refractivity contribution in [1.29, 1.82) is 0 Å². The Morgan fingerprint density at radius 1 is 1.21 bits per heavy atom. The number of hydrogen-bond donors (Lipinski definition) is 2. The van der Waals surface area contributed by atoms with Crippen molar-refractivity contribution in [2.45, 2.75) is 25.4 Å². The number of piperidine rings is 1. The zero-order chi connectivity index (χ0) is 23.6. The van der Waals surface area contributed by atoms with Gasteiger partial charge in [0.15, 0.2) is 0 Å². The average Bonchev–Trinajstić information content (AvgIpc) is 3.30. The van der Waals surface area contributed by atoms with Crippen LogP contribution in [0.1, 0.15) is 29.2 Å². The highest BCUT2D eigenvalue weighted by Gasteiger charge is 2.36. The monoisotopic (exact) mass is 460 g/mol. The Kier molecular flexibility index (Phi) is 6.21. The number of methoxy groups -OCH3 is 1. The lowest BCUT2D eigenvalue weighted by Crippen LogP contribution is -2.43. The van der Waals surface area contributed by atoms with E-state index in [1.54, 1.807) is 24.4 Å². The number of carbonyl (C=O) groups is 1. The second-order valence-corrected chi connectivity index (χ2v) is 7.97. The fourth-order valence-electron chi connectivity index (χ4n) is 4.03. The summed E-state index contributed by atoms with van der Waals surface area (Å²) in [6.45, 7) is 2.48. The molecule has 0 amide bonds. The number of anilines is 3. The number of nitrogens with one attached hydrogen (secondary N) is 2. The molecule has 1 aliphatic rings. The maximum Gasteiger partial charge on any atom is 0.416 e. The first-order chi connectivity index (χ1) is 15.7. The zero-order valence-electron chi connectivity index (χ0n) is 18.1. The molecule has 33 heavy (non-hydrogen) atoms. The highest BCUT2D eigenvalue weighted by atomic mass is 19.4. The van der Waals surface area contributed by atoms with Gasteiger partial charge in [0.2, 0.25) is 5.95 Å². The minimum atomic E-state index is -4.45. The van der Waals surface area contributed by atoms with E-state index in [1.807, 2.05) is 11.8 Å². The van der Waals surface area contributed by atoms with Crippen LogP contribution in [0.15, 0.2) is 42.6 Å². The minimum Gasteiger partial charge on any atom is -0.469 e. The smallest absolute Gasteiger partial charge is 0.416 e. The lowest BCUT2D eigenvalue weighted by molar-refractivity contribution is -0.146. The van der Waals surface area contributed by atoms with E-state index in [0.29, 0.717) is 48.4 Å². The summed E-state index contributed by atoms with van der Waals surface area (Å²) in [6.07, 6.45) is -2.48. The van der Waals surface area contributed by atoms with Gasteiger partial charge in [-0.25, -0.2) is 4.98 Å². The predicted molar refractivity (Wildman–Crippen MR) is 115 cm³/mol. The van der Waals surface area contributed by atoms with E-state index >= 15 is 0 Å². The lowest BCUT2D eigenvalue weighted by Gasteiger charge is -2.37. The number of aromatic nitrogens is 4. The van der Waals surface area contributed by atoms with Crippen LogP contribution >= 0.6 is 0 Å². The molecule has 11 heteroatoms. The molecule has 2 aromatic heterocycles. The number of nitrogens with zero attached hydrogens (tertiary/aromatic N) is 4. The molecule has 1 fully saturated rings. The van der Waals surface area contributed by atoms with Crippen molar-refractivity contribution in [3.05, 3.63) is 59.4 Å².